The van der Waals surface area contributed by atoms with Crippen molar-refractivity contribution in [3.63, 3.8) is 0 Å². The standard InChI is InChI=1S/C14H19N3O3/c1-13(7-14(8-13)3-4-14)11(18)17-5-2-9(6-17)10-15-12(19)20-16-10/h9H,2-8H2,1H3,(H,15,16,19). The number of nitrogens with one attached hydrogen (secondary N) is 1. The molecular formula is C14H19N3O3. The molecule has 3 fully saturated rings. The highest BCUT2D eigenvalue weighted by Gasteiger charge is 2.62. The number of hydrogen-bond acceptors (Lipinski definition) is 4. The SMILES string of the molecule is CC1(C(=O)N2CCC(c3noc(=O)[nH]3)C2)CC2(CC2)C1. The average Bonchev–Trinajstić information content (AvgIpc) is 2.85. The van der Waals surface area contributed by atoms with Crippen LogP contribution < -0.4 is 5.76 Å². The van der Waals surface area contributed by atoms with E-state index in [-0.39, 0.29) is 17.2 Å². The quantitative estimate of drug-likeness (QED) is 0.882. The molecule has 0 radical (unpaired) electrons. The largest absolute Gasteiger partial charge is 0.438 e. The Morgan fingerprint density at radius 1 is 1.45 bits per heavy atom. The van der Waals surface area contributed by atoms with Crippen molar-refractivity contribution in [2.24, 2.45) is 10.8 Å². The first-order valence-corrected chi connectivity index (χ1v) is 7.35. The van der Waals surface area contributed by atoms with Gasteiger partial charge in [-0.05, 0) is 37.5 Å². The molecular weight excluding hydrogens is 258 g/mol. The van der Waals surface area contributed by atoms with E-state index in [4.69, 9.17) is 0 Å². The number of carbonyl (C=O) groups excluding carboxylic acids is 1. The van der Waals surface area contributed by atoms with E-state index in [9.17, 15) is 9.59 Å². The molecule has 1 N–H and O–H groups in total. The summed E-state index contributed by atoms with van der Waals surface area (Å²) >= 11 is 0. The highest BCUT2D eigenvalue weighted by molar-refractivity contribution is 5.84. The van der Waals surface area contributed by atoms with Crippen LogP contribution in [0.1, 0.15) is 50.8 Å². The zero-order chi connectivity index (χ0) is 14.0. The van der Waals surface area contributed by atoms with Crippen LogP contribution >= 0.6 is 0 Å². The second-order valence-corrected chi connectivity index (χ2v) is 7.13. The van der Waals surface area contributed by atoms with Crippen LogP contribution in [0.25, 0.3) is 0 Å². The fraction of sp³-hybridized carbons (Fsp3) is 0.786. The van der Waals surface area contributed by atoms with Gasteiger partial charge in [0.05, 0.1) is 0 Å². The number of rotatable bonds is 2. The summed E-state index contributed by atoms with van der Waals surface area (Å²) in [6.07, 6.45) is 5.56. The van der Waals surface area contributed by atoms with Crippen LogP contribution in [0.4, 0.5) is 0 Å². The summed E-state index contributed by atoms with van der Waals surface area (Å²) in [5.74, 6) is 0.432. The lowest BCUT2D eigenvalue weighted by Gasteiger charge is -2.46. The molecule has 108 valence electrons. The Kier molecular flexibility index (Phi) is 2.28. The van der Waals surface area contributed by atoms with Gasteiger partial charge in [-0.15, -0.1) is 0 Å². The van der Waals surface area contributed by atoms with Crippen LogP contribution in [0.15, 0.2) is 9.32 Å². The number of H-pyrrole nitrogens is 1. The number of amides is 1. The molecule has 2 saturated carbocycles. The zero-order valence-corrected chi connectivity index (χ0v) is 11.6. The highest BCUT2D eigenvalue weighted by atomic mass is 16.5. The predicted octanol–water partition coefficient (Wildman–Crippen LogP) is 1.26. The predicted molar refractivity (Wildman–Crippen MR) is 70.1 cm³/mol. The maximum atomic E-state index is 12.7. The second kappa shape index (κ2) is 3.74. The number of aromatic nitrogens is 2. The van der Waals surface area contributed by atoms with E-state index in [0.717, 1.165) is 25.8 Å². The van der Waals surface area contributed by atoms with Gasteiger partial charge in [0, 0.05) is 24.4 Å². The van der Waals surface area contributed by atoms with Crippen LogP contribution in [0.5, 0.6) is 0 Å². The summed E-state index contributed by atoms with van der Waals surface area (Å²) in [6.45, 7) is 3.50. The Bertz CT molecular complexity index is 605. The molecule has 0 aromatic carbocycles. The first-order chi connectivity index (χ1) is 9.50. The van der Waals surface area contributed by atoms with Crippen LogP contribution in [-0.4, -0.2) is 34.0 Å². The molecule has 1 aliphatic heterocycles. The van der Waals surface area contributed by atoms with E-state index < -0.39 is 5.76 Å². The van der Waals surface area contributed by atoms with Crippen LogP contribution in [0, 0.1) is 10.8 Å². The van der Waals surface area contributed by atoms with Crippen molar-refractivity contribution < 1.29 is 9.32 Å². The molecule has 1 aromatic heterocycles. The van der Waals surface area contributed by atoms with Crippen molar-refractivity contribution in [3.8, 4) is 0 Å². The molecule has 20 heavy (non-hydrogen) atoms. The topological polar surface area (TPSA) is 79.2 Å². The molecule has 6 nitrogen and oxygen atoms in total. The molecule has 1 unspecified atom stereocenters. The van der Waals surface area contributed by atoms with E-state index in [0.29, 0.717) is 17.8 Å². The first kappa shape index (κ1) is 12.2. The van der Waals surface area contributed by atoms with Crippen molar-refractivity contribution in [2.45, 2.75) is 44.9 Å². The zero-order valence-electron chi connectivity index (χ0n) is 11.6. The maximum Gasteiger partial charge on any atom is 0.438 e. The third kappa shape index (κ3) is 1.73. The minimum atomic E-state index is -0.522. The van der Waals surface area contributed by atoms with Gasteiger partial charge in [0.15, 0.2) is 5.82 Å². The smallest absolute Gasteiger partial charge is 0.341 e. The van der Waals surface area contributed by atoms with Gasteiger partial charge in [0.25, 0.3) is 0 Å². The van der Waals surface area contributed by atoms with E-state index >= 15 is 0 Å². The van der Waals surface area contributed by atoms with Crippen molar-refractivity contribution >= 4 is 5.91 Å². The van der Waals surface area contributed by atoms with Crippen molar-refractivity contribution in [1.29, 1.82) is 0 Å². The lowest BCUT2D eigenvalue weighted by atomic mass is 9.60. The van der Waals surface area contributed by atoms with Crippen LogP contribution in [-0.2, 0) is 4.79 Å². The summed E-state index contributed by atoms with van der Waals surface area (Å²) in [6, 6.07) is 0. The molecule has 2 heterocycles. The van der Waals surface area contributed by atoms with Gasteiger partial charge in [0.2, 0.25) is 5.91 Å². The van der Waals surface area contributed by atoms with Crippen LogP contribution in [0.2, 0.25) is 0 Å². The van der Waals surface area contributed by atoms with Gasteiger partial charge in [-0.1, -0.05) is 12.1 Å². The molecule has 1 atom stereocenters. The van der Waals surface area contributed by atoms with Gasteiger partial charge in [-0.2, -0.15) is 0 Å². The van der Waals surface area contributed by atoms with Gasteiger partial charge < -0.3 is 4.90 Å². The molecule has 0 bridgehead atoms. The van der Waals surface area contributed by atoms with E-state index in [2.05, 4.69) is 21.6 Å². The highest BCUT2D eigenvalue weighted by Crippen LogP contribution is 2.68. The molecule has 4 rings (SSSR count). The first-order valence-electron chi connectivity index (χ1n) is 7.35. The van der Waals surface area contributed by atoms with E-state index in [1.165, 1.54) is 12.8 Å². The number of carbonyl (C=O) groups is 1. The molecule has 6 heteroatoms. The molecule has 2 aliphatic carbocycles. The fourth-order valence-electron chi connectivity index (χ4n) is 4.25. The van der Waals surface area contributed by atoms with Crippen molar-refractivity contribution in [2.75, 3.05) is 13.1 Å². The second-order valence-electron chi connectivity index (χ2n) is 7.13. The molecule has 1 spiro atoms. The Balaban J connectivity index is 1.43. The number of aromatic amines is 1. The van der Waals surface area contributed by atoms with Crippen molar-refractivity contribution in [3.05, 3.63) is 16.4 Å². The third-order valence-corrected chi connectivity index (χ3v) is 5.32. The fourth-order valence-corrected chi connectivity index (χ4v) is 4.25. The number of nitrogens with zero attached hydrogens (tertiary/aromatic N) is 2. The van der Waals surface area contributed by atoms with Gasteiger partial charge in [0.1, 0.15) is 0 Å². The van der Waals surface area contributed by atoms with Gasteiger partial charge in [-0.3, -0.25) is 14.3 Å². The Labute approximate surface area is 116 Å². The van der Waals surface area contributed by atoms with Gasteiger partial charge >= 0.3 is 5.76 Å². The molecule has 3 aliphatic rings. The normalized spacial score (nSPS) is 29.4. The Morgan fingerprint density at radius 2 is 2.20 bits per heavy atom. The lowest BCUT2D eigenvalue weighted by molar-refractivity contribution is -0.149. The lowest BCUT2D eigenvalue weighted by Crippen LogP contribution is -2.49. The number of hydrogen-bond donors (Lipinski definition) is 1. The summed E-state index contributed by atoms with van der Waals surface area (Å²) in [5, 5.41) is 3.74. The summed E-state index contributed by atoms with van der Waals surface area (Å²) in [7, 11) is 0. The van der Waals surface area contributed by atoms with E-state index in [1.807, 2.05) is 4.90 Å². The molecule has 1 aromatic rings. The summed E-state index contributed by atoms with van der Waals surface area (Å²) in [5.41, 5.74) is 0.378. The van der Waals surface area contributed by atoms with Crippen LogP contribution in [0.3, 0.4) is 0 Å². The monoisotopic (exact) mass is 277 g/mol. The number of likely N-dealkylation sites (tertiary alicyclic amines) is 1. The maximum absolute atomic E-state index is 12.7. The Morgan fingerprint density at radius 3 is 2.80 bits per heavy atom. The summed E-state index contributed by atoms with van der Waals surface area (Å²) < 4.78 is 4.54. The third-order valence-electron chi connectivity index (χ3n) is 5.32. The minimum Gasteiger partial charge on any atom is -0.341 e. The van der Waals surface area contributed by atoms with Crippen molar-refractivity contribution in [1.82, 2.24) is 15.0 Å². The molecule has 1 amide bonds. The minimum absolute atomic E-state index is 0.101. The molecule has 1 saturated heterocycles. The van der Waals surface area contributed by atoms with Gasteiger partial charge in [-0.25, -0.2) is 4.79 Å². The summed E-state index contributed by atoms with van der Waals surface area (Å²) in [4.78, 5) is 28.2. The average molecular weight is 277 g/mol. The van der Waals surface area contributed by atoms with E-state index in [1.54, 1.807) is 0 Å². The Hall–Kier alpha value is -1.59.